The van der Waals surface area contributed by atoms with Gasteiger partial charge in [0.1, 0.15) is 23.9 Å². The van der Waals surface area contributed by atoms with Crippen LogP contribution in [0.5, 0.6) is 23.3 Å². The summed E-state index contributed by atoms with van der Waals surface area (Å²) in [6, 6.07) is 36.0. The number of pyridine rings is 2. The first kappa shape index (κ1) is 35.3. The van der Waals surface area contributed by atoms with Crippen molar-refractivity contribution in [2.24, 2.45) is 0 Å². The third-order valence-electron chi connectivity index (χ3n) is 9.43. The van der Waals surface area contributed by atoms with Crippen LogP contribution in [0.25, 0.3) is 0 Å². The molecule has 2 aliphatic carbocycles. The normalized spacial score (nSPS) is 15.9. The van der Waals surface area contributed by atoms with E-state index in [1.807, 2.05) is 72.8 Å². The van der Waals surface area contributed by atoms with E-state index < -0.39 is 9.85 Å². The zero-order valence-corrected chi connectivity index (χ0v) is 28.7. The Labute approximate surface area is 309 Å². The van der Waals surface area contributed by atoms with Crippen molar-refractivity contribution in [3.05, 3.63) is 187 Å². The van der Waals surface area contributed by atoms with E-state index in [9.17, 15) is 29.8 Å². The lowest BCUT2D eigenvalue weighted by atomic mass is 9.79. The van der Waals surface area contributed by atoms with E-state index in [-0.39, 0.29) is 46.5 Å². The lowest BCUT2D eigenvalue weighted by Crippen LogP contribution is -2.20. The van der Waals surface area contributed by atoms with E-state index in [1.54, 1.807) is 24.3 Å². The van der Waals surface area contributed by atoms with Gasteiger partial charge < -0.3 is 9.47 Å². The third-order valence-corrected chi connectivity index (χ3v) is 9.43. The SMILES string of the molecule is O=C1c2ccc(Oc3ccc([N+](=O)[O-])cn3)cc2CCC1c1ccccc1.O=C1c2ccc(Oc3ccc([N+](=O)[O-])cn3)cc2CCC1c1ccccc1. The number of rotatable bonds is 8. The maximum absolute atomic E-state index is 12.9. The van der Waals surface area contributed by atoms with Crippen LogP contribution in [0, 0.1) is 20.2 Å². The minimum atomic E-state index is -0.509. The van der Waals surface area contributed by atoms with Crippen LogP contribution in [0.15, 0.2) is 134 Å². The molecule has 0 fully saturated rings. The van der Waals surface area contributed by atoms with Crippen LogP contribution in [0.3, 0.4) is 0 Å². The summed E-state index contributed by atoms with van der Waals surface area (Å²) < 4.78 is 11.4. The largest absolute Gasteiger partial charge is 0.439 e. The summed E-state index contributed by atoms with van der Waals surface area (Å²) in [7, 11) is 0. The number of Topliss-reactive ketones (excluding diaryl/α,β-unsaturated/α-hetero) is 2. The molecule has 6 aromatic rings. The van der Waals surface area contributed by atoms with E-state index in [2.05, 4.69) is 9.97 Å². The van der Waals surface area contributed by atoms with Gasteiger partial charge in [0, 0.05) is 47.2 Å². The highest BCUT2D eigenvalue weighted by atomic mass is 16.6. The molecular formula is C42H32N4O8. The summed E-state index contributed by atoms with van der Waals surface area (Å²) in [6.45, 7) is 0. The van der Waals surface area contributed by atoms with Crippen LogP contribution in [-0.2, 0) is 12.8 Å². The number of nitrogens with zero attached hydrogens (tertiary/aromatic N) is 4. The van der Waals surface area contributed by atoms with Crippen molar-refractivity contribution in [3.8, 4) is 23.3 Å². The second-order valence-corrected chi connectivity index (χ2v) is 12.8. The highest BCUT2D eigenvalue weighted by molar-refractivity contribution is 6.04. The first-order valence-electron chi connectivity index (χ1n) is 17.2. The quantitative estimate of drug-likeness (QED) is 0.109. The lowest BCUT2D eigenvalue weighted by molar-refractivity contribution is -0.385. The van der Waals surface area contributed by atoms with Gasteiger partial charge in [-0.2, -0.15) is 0 Å². The van der Waals surface area contributed by atoms with Gasteiger partial charge in [-0.15, -0.1) is 0 Å². The molecule has 12 nitrogen and oxygen atoms in total. The van der Waals surface area contributed by atoms with Crippen molar-refractivity contribution in [2.45, 2.75) is 37.5 Å². The molecule has 8 rings (SSSR count). The molecule has 0 radical (unpaired) electrons. The molecule has 0 bridgehead atoms. The number of ether oxygens (including phenoxy) is 2. The minimum absolute atomic E-state index is 0.0923. The molecule has 0 saturated heterocycles. The smallest absolute Gasteiger partial charge is 0.287 e. The molecule has 0 amide bonds. The number of aromatic nitrogens is 2. The molecule has 12 heteroatoms. The van der Waals surface area contributed by atoms with Crippen molar-refractivity contribution in [2.75, 3.05) is 0 Å². The molecule has 4 aromatic carbocycles. The zero-order valence-electron chi connectivity index (χ0n) is 28.7. The van der Waals surface area contributed by atoms with Crippen LogP contribution < -0.4 is 9.47 Å². The predicted molar refractivity (Wildman–Crippen MR) is 198 cm³/mol. The summed E-state index contributed by atoms with van der Waals surface area (Å²) in [5, 5.41) is 21.4. The number of carbonyl (C=O) groups is 2. The highest BCUT2D eigenvalue weighted by Crippen LogP contribution is 2.36. The number of aryl methyl sites for hydroxylation is 2. The van der Waals surface area contributed by atoms with Crippen molar-refractivity contribution in [1.29, 1.82) is 0 Å². The van der Waals surface area contributed by atoms with E-state index in [1.165, 1.54) is 24.3 Å². The number of ketones is 2. The Morgan fingerprint density at radius 3 is 1.30 bits per heavy atom. The fraction of sp³-hybridized carbons (Fsp3) is 0.143. The Bertz CT molecular complexity index is 2170. The number of fused-ring (bicyclic) bond motifs is 2. The molecular weight excluding hydrogens is 688 g/mol. The second-order valence-electron chi connectivity index (χ2n) is 12.8. The van der Waals surface area contributed by atoms with Crippen molar-refractivity contribution in [3.63, 3.8) is 0 Å². The summed E-state index contributed by atoms with van der Waals surface area (Å²) in [4.78, 5) is 54.0. The molecule has 268 valence electrons. The summed E-state index contributed by atoms with van der Waals surface area (Å²) in [6.07, 6.45) is 5.39. The number of benzene rings is 4. The zero-order chi connectivity index (χ0) is 37.6. The lowest BCUT2D eigenvalue weighted by Gasteiger charge is -2.24. The van der Waals surface area contributed by atoms with Gasteiger partial charge >= 0.3 is 0 Å². The Balaban J connectivity index is 0.000000167. The molecule has 0 N–H and O–H groups in total. The van der Waals surface area contributed by atoms with Crippen molar-refractivity contribution < 1.29 is 28.9 Å². The molecule has 2 heterocycles. The molecule has 0 saturated carbocycles. The molecule has 0 aliphatic heterocycles. The summed E-state index contributed by atoms with van der Waals surface area (Å²) in [5.74, 6) is 1.69. The standard InChI is InChI=1S/2C21H16N2O4/c2*24-21-18(14-4-2-1-3-5-14)9-6-15-12-17(8-10-19(15)21)27-20-11-7-16(13-22-20)23(25)26/h2*1-5,7-8,10-13,18H,6,9H2. The summed E-state index contributed by atoms with van der Waals surface area (Å²) >= 11 is 0. The van der Waals surface area contributed by atoms with Crippen LogP contribution in [0.2, 0.25) is 0 Å². The van der Waals surface area contributed by atoms with Crippen LogP contribution >= 0.6 is 0 Å². The maximum atomic E-state index is 12.9. The first-order valence-corrected chi connectivity index (χ1v) is 17.2. The minimum Gasteiger partial charge on any atom is -0.439 e. The van der Waals surface area contributed by atoms with E-state index in [0.29, 0.717) is 11.5 Å². The molecule has 2 unspecified atom stereocenters. The Morgan fingerprint density at radius 2 is 0.944 bits per heavy atom. The van der Waals surface area contributed by atoms with E-state index in [4.69, 9.17) is 9.47 Å². The average Bonchev–Trinajstić information content (AvgIpc) is 3.19. The Kier molecular flexibility index (Phi) is 10.2. The fourth-order valence-corrected chi connectivity index (χ4v) is 6.73. The van der Waals surface area contributed by atoms with Crippen LogP contribution in [-0.4, -0.2) is 31.4 Å². The molecule has 54 heavy (non-hydrogen) atoms. The molecule has 2 atom stereocenters. The fourth-order valence-electron chi connectivity index (χ4n) is 6.73. The van der Waals surface area contributed by atoms with Crippen molar-refractivity contribution in [1.82, 2.24) is 9.97 Å². The Morgan fingerprint density at radius 1 is 0.537 bits per heavy atom. The molecule has 2 aromatic heterocycles. The second kappa shape index (κ2) is 15.7. The van der Waals surface area contributed by atoms with Crippen LogP contribution in [0.4, 0.5) is 11.4 Å². The number of hydrogen-bond donors (Lipinski definition) is 0. The van der Waals surface area contributed by atoms with Gasteiger partial charge in [0.25, 0.3) is 11.4 Å². The van der Waals surface area contributed by atoms with Gasteiger partial charge in [-0.25, -0.2) is 9.97 Å². The van der Waals surface area contributed by atoms with Gasteiger partial charge in [0.05, 0.1) is 9.85 Å². The third kappa shape index (κ3) is 7.87. The van der Waals surface area contributed by atoms with Gasteiger partial charge in [0.15, 0.2) is 11.6 Å². The monoisotopic (exact) mass is 720 g/mol. The topological polar surface area (TPSA) is 165 Å². The number of carbonyl (C=O) groups excluding carboxylic acids is 2. The average molecular weight is 721 g/mol. The number of hydrogen-bond acceptors (Lipinski definition) is 10. The first-order chi connectivity index (χ1) is 26.2. The highest BCUT2D eigenvalue weighted by Gasteiger charge is 2.30. The van der Waals surface area contributed by atoms with Crippen molar-refractivity contribution >= 4 is 22.9 Å². The van der Waals surface area contributed by atoms with Gasteiger partial charge in [-0.1, -0.05) is 60.7 Å². The predicted octanol–water partition coefficient (Wildman–Crippen LogP) is 9.39. The van der Waals surface area contributed by atoms with Gasteiger partial charge in [-0.3, -0.25) is 29.8 Å². The van der Waals surface area contributed by atoms with Gasteiger partial charge in [0.2, 0.25) is 11.8 Å². The number of nitro groups is 2. The van der Waals surface area contributed by atoms with Gasteiger partial charge in [-0.05, 0) is 84.3 Å². The Hall–Kier alpha value is -7.08. The van der Waals surface area contributed by atoms with E-state index >= 15 is 0 Å². The summed E-state index contributed by atoms with van der Waals surface area (Å²) in [5.41, 5.74) is 5.25. The molecule has 0 spiro atoms. The van der Waals surface area contributed by atoms with E-state index in [0.717, 1.165) is 71.5 Å². The van der Waals surface area contributed by atoms with Crippen LogP contribution in [0.1, 0.15) is 67.6 Å². The molecule has 2 aliphatic rings. The maximum Gasteiger partial charge on any atom is 0.287 e.